The van der Waals surface area contributed by atoms with Crippen molar-refractivity contribution in [1.82, 2.24) is 0 Å². The second-order valence-electron chi connectivity index (χ2n) is 4.26. The summed E-state index contributed by atoms with van der Waals surface area (Å²) in [7, 11) is 1.48. The largest absolute Gasteiger partial charge is 0.504 e. The molecular formula is C15H15F2NO3. The first-order valence-corrected chi connectivity index (χ1v) is 6.23. The lowest BCUT2D eigenvalue weighted by atomic mass is 10.2. The number of hydrogen-bond donors (Lipinski definition) is 2. The Hall–Kier alpha value is -2.50. The highest BCUT2D eigenvalue weighted by Crippen LogP contribution is 2.26. The van der Waals surface area contributed by atoms with Crippen LogP contribution in [0, 0.1) is 0 Å². The number of rotatable bonds is 6. The number of nitrogens with one attached hydrogen (secondary N) is 1. The van der Waals surface area contributed by atoms with E-state index in [-0.39, 0.29) is 11.5 Å². The third kappa shape index (κ3) is 4.24. The maximum atomic E-state index is 12.0. The summed E-state index contributed by atoms with van der Waals surface area (Å²) in [5, 5.41) is 12.6. The van der Waals surface area contributed by atoms with E-state index in [1.54, 1.807) is 30.3 Å². The first kappa shape index (κ1) is 14.9. The van der Waals surface area contributed by atoms with Gasteiger partial charge in [-0.2, -0.15) is 8.78 Å². The molecule has 2 N–H and O–H groups in total. The molecule has 0 heterocycles. The number of phenolic OH excluding ortho intramolecular Hbond substituents is 1. The van der Waals surface area contributed by atoms with Gasteiger partial charge in [0.15, 0.2) is 11.5 Å². The van der Waals surface area contributed by atoms with Gasteiger partial charge in [-0.3, -0.25) is 0 Å². The average molecular weight is 295 g/mol. The van der Waals surface area contributed by atoms with E-state index in [1.807, 2.05) is 0 Å². The topological polar surface area (TPSA) is 50.7 Å². The summed E-state index contributed by atoms with van der Waals surface area (Å²) in [5.74, 6) is 0.589. The SMILES string of the molecule is COc1cc(CNc2ccc(OC(F)F)cc2)ccc1O. The fraction of sp³-hybridized carbons (Fsp3) is 0.200. The Balaban J connectivity index is 1.96. The Labute approximate surface area is 120 Å². The van der Waals surface area contributed by atoms with Gasteiger partial charge < -0.3 is 19.9 Å². The van der Waals surface area contributed by atoms with E-state index < -0.39 is 6.61 Å². The summed E-state index contributed by atoms with van der Waals surface area (Å²) in [5.41, 5.74) is 1.68. The number of ether oxygens (including phenoxy) is 2. The van der Waals surface area contributed by atoms with Crippen LogP contribution < -0.4 is 14.8 Å². The van der Waals surface area contributed by atoms with Crippen molar-refractivity contribution in [2.75, 3.05) is 12.4 Å². The second kappa shape index (κ2) is 6.78. The first-order chi connectivity index (χ1) is 10.1. The van der Waals surface area contributed by atoms with E-state index >= 15 is 0 Å². The third-order valence-electron chi connectivity index (χ3n) is 2.82. The standard InChI is InChI=1S/C15H15F2NO3/c1-20-14-8-10(2-7-13(14)19)9-18-11-3-5-12(6-4-11)21-15(16)17/h2-8,15,18-19H,9H2,1H3. The predicted molar refractivity (Wildman–Crippen MR) is 75.1 cm³/mol. The third-order valence-corrected chi connectivity index (χ3v) is 2.82. The Kier molecular flexibility index (Phi) is 4.81. The van der Waals surface area contributed by atoms with Crippen LogP contribution >= 0.6 is 0 Å². The zero-order chi connectivity index (χ0) is 15.2. The number of halogens is 2. The molecule has 0 unspecified atom stereocenters. The lowest BCUT2D eigenvalue weighted by Crippen LogP contribution is -2.02. The fourth-order valence-corrected chi connectivity index (χ4v) is 1.79. The summed E-state index contributed by atoms with van der Waals surface area (Å²) in [6.45, 7) is -2.32. The van der Waals surface area contributed by atoms with Crippen LogP contribution in [-0.4, -0.2) is 18.8 Å². The van der Waals surface area contributed by atoms with Crippen LogP contribution in [0.3, 0.4) is 0 Å². The molecule has 0 saturated carbocycles. The highest BCUT2D eigenvalue weighted by molar-refractivity contribution is 5.48. The van der Waals surface area contributed by atoms with Gasteiger partial charge in [0.25, 0.3) is 0 Å². The first-order valence-electron chi connectivity index (χ1n) is 6.23. The van der Waals surface area contributed by atoms with Crippen LogP contribution in [0.4, 0.5) is 14.5 Å². The summed E-state index contributed by atoms with van der Waals surface area (Å²) >= 11 is 0. The summed E-state index contributed by atoms with van der Waals surface area (Å²) in [6.07, 6.45) is 0. The minimum atomic E-state index is -2.83. The number of hydrogen-bond acceptors (Lipinski definition) is 4. The van der Waals surface area contributed by atoms with Gasteiger partial charge in [0.2, 0.25) is 0 Å². The van der Waals surface area contributed by atoms with Crippen LogP contribution in [-0.2, 0) is 6.54 Å². The summed E-state index contributed by atoms with van der Waals surface area (Å²) in [6, 6.07) is 11.3. The van der Waals surface area contributed by atoms with Crippen LogP contribution in [0.15, 0.2) is 42.5 Å². The van der Waals surface area contributed by atoms with Gasteiger partial charge in [0.1, 0.15) is 5.75 Å². The predicted octanol–water partition coefficient (Wildman–Crippen LogP) is 3.61. The molecule has 4 nitrogen and oxygen atoms in total. The van der Waals surface area contributed by atoms with Crippen LogP contribution in [0.1, 0.15) is 5.56 Å². The number of anilines is 1. The van der Waals surface area contributed by atoms with Gasteiger partial charge in [0.05, 0.1) is 7.11 Å². The molecule has 21 heavy (non-hydrogen) atoms. The summed E-state index contributed by atoms with van der Waals surface area (Å²) in [4.78, 5) is 0. The number of methoxy groups -OCH3 is 1. The monoisotopic (exact) mass is 295 g/mol. The van der Waals surface area contributed by atoms with E-state index in [0.717, 1.165) is 11.3 Å². The number of alkyl halides is 2. The zero-order valence-electron chi connectivity index (χ0n) is 11.3. The maximum absolute atomic E-state index is 12.0. The van der Waals surface area contributed by atoms with E-state index in [0.29, 0.717) is 12.3 Å². The molecule has 0 aliphatic rings. The molecule has 0 bridgehead atoms. The van der Waals surface area contributed by atoms with Gasteiger partial charge >= 0.3 is 6.61 Å². The second-order valence-corrected chi connectivity index (χ2v) is 4.26. The number of phenols is 1. The van der Waals surface area contributed by atoms with Gasteiger partial charge in [-0.15, -0.1) is 0 Å². The molecule has 0 spiro atoms. The molecule has 0 aliphatic carbocycles. The molecule has 2 aromatic carbocycles. The van der Waals surface area contributed by atoms with Crippen LogP contribution in [0.25, 0.3) is 0 Å². The highest BCUT2D eigenvalue weighted by Gasteiger charge is 2.05. The Morgan fingerprint density at radius 3 is 2.48 bits per heavy atom. The maximum Gasteiger partial charge on any atom is 0.387 e. The number of benzene rings is 2. The molecule has 0 amide bonds. The van der Waals surface area contributed by atoms with Gasteiger partial charge in [-0.05, 0) is 42.0 Å². The van der Waals surface area contributed by atoms with Gasteiger partial charge in [0, 0.05) is 12.2 Å². The van der Waals surface area contributed by atoms with E-state index in [1.165, 1.54) is 19.2 Å². The Bertz CT molecular complexity index is 588. The van der Waals surface area contributed by atoms with E-state index in [9.17, 15) is 13.9 Å². The molecule has 2 rings (SSSR count). The Morgan fingerprint density at radius 2 is 1.86 bits per heavy atom. The van der Waals surface area contributed by atoms with Crippen molar-refractivity contribution in [1.29, 1.82) is 0 Å². The average Bonchev–Trinajstić information content (AvgIpc) is 2.47. The van der Waals surface area contributed by atoms with Crippen molar-refractivity contribution in [3.8, 4) is 17.2 Å². The molecule has 2 aromatic rings. The number of aromatic hydroxyl groups is 1. The van der Waals surface area contributed by atoms with Crippen molar-refractivity contribution in [3.63, 3.8) is 0 Å². The van der Waals surface area contributed by atoms with Crippen molar-refractivity contribution in [3.05, 3.63) is 48.0 Å². The van der Waals surface area contributed by atoms with Crippen LogP contribution in [0.5, 0.6) is 17.2 Å². The molecular weight excluding hydrogens is 280 g/mol. The van der Waals surface area contributed by atoms with E-state index in [4.69, 9.17) is 4.74 Å². The zero-order valence-corrected chi connectivity index (χ0v) is 11.3. The van der Waals surface area contributed by atoms with E-state index in [2.05, 4.69) is 10.1 Å². The van der Waals surface area contributed by atoms with Gasteiger partial charge in [-0.25, -0.2) is 0 Å². The fourth-order valence-electron chi connectivity index (χ4n) is 1.79. The smallest absolute Gasteiger partial charge is 0.387 e. The molecule has 0 aromatic heterocycles. The molecule has 112 valence electrons. The summed E-state index contributed by atoms with van der Waals surface area (Å²) < 4.78 is 33.3. The molecule has 6 heteroatoms. The van der Waals surface area contributed by atoms with Crippen molar-refractivity contribution in [2.24, 2.45) is 0 Å². The normalized spacial score (nSPS) is 10.5. The molecule has 0 aliphatic heterocycles. The van der Waals surface area contributed by atoms with Gasteiger partial charge in [-0.1, -0.05) is 6.07 Å². The van der Waals surface area contributed by atoms with Crippen molar-refractivity contribution < 1.29 is 23.4 Å². The molecule has 0 saturated heterocycles. The minimum Gasteiger partial charge on any atom is -0.504 e. The Morgan fingerprint density at radius 1 is 1.14 bits per heavy atom. The minimum absolute atomic E-state index is 0.0785. The highest BCUT2D eigenvalue weighted by atomic mass is 19.3. The van der Waals surface area contributed by atoms with Crippen molar-refractivity contribution >= 4 is 5.69 Å². The quantitative estimate of drug-likeness (QED) is 0.854. The molecule has 0 atom stereocenters. The molecule has 0 fully saturated rings. The van der Waals surface area contributed by atoms with Crippen LogP contribution in [0.2, 0.25) is 0 Å². The molecule has 0 radical (unpaired) electrons. The lowest BCUT2D eigenvalue weighted by molar-refractivity contribution is -0.0498. The lowest BCUT2D eigenvalue weighted by Gasteiger charge is -2.10. The van der Waals surface area contributed by atoms with Crippen molar-refractivity contribution in [2.45, 2.75) is 13.2 Å².